The highest BCUT2D eigenvalue weighted by Crippen LogP contribution is 2.55. The lowest BCUT2D eigenvalue weighted by molar-refractivity contribution is 0.630. The maximum atomic E-state index is 2.55. The molecule has 0 heterocycles. The second kappa shape index (κ2) is 13.0. The Kier molecular flexibility index (Phi) is 7.52. The van der Waals surface area contributed by atoms with Crippen molar-refractivity contribution in [3.63, 3.8) is 0 Å². The number of fused-ring (bicyclic) bond motifs is 2. The lowest BCUT2D eigenvalue weighted by Crippen LogP contribution is -2.26. The smallest absolute Gasteiger partial charge is 0.0462 e. The molecule has 0 spiro atoms. The summed E-state index contributed by atoms with van der Waals surface area (Å²) in [6.45, 7) is 0. The van der Waals surface area contributed by atoms with E-state index in [4.69, 9.17) is 0 Å². The van der Waals surface area contributed by atoms with E-state index >= 15 is 0 Å². The number of hydrogen-bond donors (Lipinski definition) is 0. The molecule has 55 heavy (non-hydrogen) atoms. The number of nitrogens with zero attached hydrogens (tertiary/aromatic N) is 1. The molecule has 8 aromatic carbocycles. The first kappa shape index (κ1) is 31.8. The molecule has 0 saturated heterocycles. The molecule has 0 radical (unpaired) electrons. The van der Waals surface area contributed by atoms with Crippen molar-refractivity contribution in [1.82, 2.24) is 0 Å². The van der Waals surface area contributed by atoms with E-state index in [0.717, 1.165) is 29.9 Å². The average Bonchev–Trinajstić information content (AvgIpc) is 3.26. The van der Waals surface area contributed by atoms with Gasteiger partial charge in [0.2, 0.25) is 0 Å². The quantitative estimate of drug-likeness (QED) is 0.123. The molecule has 0 saturated carbocycles. The molecule has 2 atom stereocenters. The van der Waals surface area contributed by atoms with Crippen LogP contribution in [0.5, 0.6) is 0 Å². The van der Waals surface area contributed by atoms with Gasteiger partial charge in [0.25, 0.3) is 0 Å². The third-order valence-corrected chi connectivity index (χ3v) is 12.2. The molecule has 2 unspecified atom stereocenters. The van der Waals surface area contributed by atoms with Gasteiger partial charge in [0.15, 0.2) is 0 Å². The summed E-state index contributed by atoms with van der Waals surface area (Å²) in [5, 5.41) is 5.18. The van der Waals surface area contributed by atoms with Crippen LogP contribution < -0.4 is 4.90 Å². The first-order valence-electron chi connectivity index (χ1n) is 19.5. The highest BCUT2D eigenvalue weighted by atomic mass is 15.1. The van der Waals surface area contributed by atoms with Crippen molar-refractivity contribution in [3.8, 4) is 22.3 Å². The van der Waals surface area contributed by atoms with Crippen LogP contribution >= 0.6 is 0 Å². The Morgan fingerprint density at radius 3 is 1.60 bits per heavy atom. The maximum absolute atomic E-state index is 2.55. The number of allylic oxidation sites excluding steroid dienone is 5. The third kappa shape index (κ3) is 5.15. The first-order chi connectivity index (χ1) is 27.3. The van der Waals surface area contributed by atoms with Crippen molar-refractivity contribution in [2.75, 3.05) is 4.90 Å². The lowest BCUT2D eigenvalue weighted by atomic mass is 9.63. The topological polar surface area (TPSA) is 3.24 Å². The van der Waals surface area contributed by atoms with E-state index in [1.165, 1.54) is 66.1 Å². The van der Waals surface area contributed by atoms with Gasteiger partial charge in [0.05, 0.1) is 0 Å². The predicted molar refractivity (Wildman–Crippen MR) is 233 cm³/mol. The number of benzene rings is 8. The van der Waals surface area contributed by atoms with Crippen molar-refractivity contribution < 1.29 is 0 Å². The van der Waals surface area contributed by atoms with Gasteiger partial charge in [0.1, 0.15) is 0 Å². The molecule has 0 aliphatic heterocycles. The zero-order valence-corrected chi connectivity index (χ0v) is 30.6. The fraction of sp³-hybridized carbons (Fsp3) is 0.0741. The molecule has 1 heteroatoms. The largest absolute Gasteiger partial charge is 0.311 e. The summed E-state index contributed by atoms with van der Waals surface area (Å²) in [6, 6.07) is 64.4. The normalized spacial score (nSPS) is 16.7. The van der Waals surface area contributed by atoms with Gasteiger partial charge >= 0.3 is 0 Å². The molecule has 0 aromatic heterocycles. The van der Waals surface area contributed by atoms with Gasteiger partial charge in [-0.1, -0.05) is 169 Å². The van der Waals surface area contributed by atoms with Crippen LogP contribution in [-0.4, -0.2) is 0 Å². The molecule has 3 aliphatic rings. The fourth-order valence-electron chi connectivity index (χ4n) is 9.83. The zero-order valence-electron chi connectivity index (χ0n) is 30.6. The molecule has 0 bridgehead atoms. The van der Waals surface area contributed by atoms with Crippen molar-refractivity contribution in [3.05, 3.63) is 222 Å². The Labute approximate surface area is 322 Å². The molecule has 8 aromatic rings. The molecule has 1 nitrogen and oxygen atoms in total. The Bertz CT molecular complexity index is 2750. The lowest BCUT2D eigenvalue weighted by Gasteiger charge is -2.41. The minimum absolute atomic E-state index is 0.350. The fourth-order valence-corrected chi connectivity index (χ4v) is 9.83. The molecule has 0 fully saturated rings. The van der Waals surface area contributed by atoms with Gasteiger partial charge in [-0.2, -0.15) is 0 Å². The summed E-state index contributed by atoms with van der Waals surface area (Å²) < 4.78 is 0. The molecular formula is C54H39N. The Balaban J connectivity index is 1.07. The van der Waals surface area contributed by atoms with E-state index in [9.17, 15) is 0 Å². The van der Waals surface area contributed by atoms with Gasteiger partial charge in [0, 0.05) is 28.9 Å². The number of anilines is 3. The molecule has 3 aliphatic carbocycles. The highest BCUT2D eigenvalue weighted by Gasteiger charge is 2.38. The monoisotopic (exact) mass is 701 g/mol. The van der Waals surface area contributed by atoms with E-state index in [1.54, 1.807) is 11.1 Å². The van der Waals surface area contributed by atoms with Crippen molar-refractivity contribution in [1.29, 1.82) is 0 Å². The summed E-state index contributed by atoms with van der Waals surface area (Å²) in [6.07, 6.45) is 11.9. The third-order valence-electron chi connectivity index (χ3n) is 12.2. The Morgan fingerprint density at radius 1 is 0.436 bits per heavy atom. The average molecular weight is 702 g/mol. The molecular weight excluding hydrogens is 663 g/mol. The van der Waals surface area contributed by atoms with E-state index < -0.39 is 0 Å². The van der Waals surface area contributed by atoms with Crippen molar-refractivity contribution in [2.24, 2.45) is 5.92 Å². The maximum Gasteiger partial charge on any atom is 0.0462 e. The predicted octanol–water partition coefficient (Wildman–Crippen LogP) is 14.5. The van der Waals surface area contributed by atoms with Crippen LogP contribution in [0.4, 0.5) is 17.1 Å². The summed E-state index contributed by atoms with van der Waals surface area (Å²) in [5.74, 6) is 0.730. The van der Waals surface area contributed by atoms with Gasteiger partial charge < -0.3 is 4.90 Å². The first-order valence-corrected chi connectivity index (χ1v) is 19.5. The minimum atomic E-state index is 0.350. The number of para-hydroxylation sites is 2. The zero-order chi connectivity index (χ0) is 36.3. The van der Waals surface area contributed by atoms with Gasteiger partial charge in [-0.05, 0) is 121 Å². The second-order valence-electron chi connectivity index (χ2n) is 15.1. The standard InChI is InChI=1S/C54H39N/c1-4-14-36(15-5-1)43-32-26-38-28-34-49-50(35-29-39-27-33-48(43)52(38)53(39)49)54-46-22-12-10-20-44(46)51(45-21-11-13-23-47(45)54)37-24-30-42(31-25-37)55(40-16-6-2-7-17-40)41-18-8-3-9-19-41/h1-25,27-33,35,48,52H,26,34H2. The Morgan fingerprint density at radius 2 is 0.982 bits per heavy atom. The molecule has 0 amide bonds. The molecule has 11 rings (SSSR count). The van der Waals surface area contributed by atoms with Crippen LogP contribution in [-0.2, 0) is 6.42 Å². The van der Waals surface area contributed by atoms with Crippen LogP contribution in [0.15, 0.2) is 200 Å². The van der Waals surface area contributed by atoms with E-state index in [-0.39, 0.29) is 0 Å². The minimum Gasteiger partial charge on any atom is -0.311 e. The summed E-state index contributed by atoms with van der Waals surface area (Å²) in [7, 11) is 0. The van der Waals surface area contributed by atoms with Gasteiger partial charge in [-0.15, -0.1) is 0 Å². The van der Waals surface area contributed by atoms with Crippen LogP contribution in [0.2, 0.25) is 0 Å². The summed E-state index contributed by atoms with van der Waals surface area (Å²) >= 11 is 0. The van der Waals surface area contributed by atoms with Crippen LogP contribution in [0.1, 0.15) is 34.6 Å². The van der Waals surface area contributed by atoms with Crippen LogP contribution in [0.25, 0.3) is 55.4 Å². The van der Waals surface area contributed by atoms with E-state index in [0.29, 0.717) is 11.8 Å². The highest BCUT2D eigenvalue weighted by molar-refractivity contribution is 6.21. The van der Waals surface area contributed by atoms with Crippen molar-refractivity contribution >= 4 is 50.3 Å². The molecule has 260 valence electrons. The SMILES string of the molecule is C1=CC2C(c3ccccc3)=CCC3=CCc4c(-c5c6ccccc6c(-c6ccc(N(c7ccccc7)c7ccccc7)cc6)c6ccccc56)ccc1c4C32. The second-order valence-corrected chi connectivity index (χ2v) is 15.1. The van der Waals surface area contributed by atoms with Crippen LogP contribution in [0, 0.1) is 5.92 Å². The Hall–Kier alpha value is -6.70. The summed E-state index contributed by atoms with van der Waals surface area (Å²) in [4.78, 5) is 2.33. The number of hydrogen-bond acceptors (Lipinski definition) is 1. The number of rotatable bonds is 6. The van der Waals surface area contributed by atoms with E-state index in [1.807, 2.05) is 0 Å². The van der Waals surface area contributed by atoms with Gasteiger partial charge in [-0.25, -0.2) is 0 Å². The van der Waals surface area contributed by atoms with Gasteiger partial charge in [-0.3, -0.25) is 0 Å². The molecule has 0 N–H and O–H groups in total. The van der Waals surface area contributed by atoms with Crippen molar-refractivity contribution in [2.45, 2.75) is 18.8 Å². The van der Waals surface area contributed by atoms with E-state index in [2.05, 4.69) is 205 Å². The van der Waals surface area contributed by atoms with Crippen LogP contribution in [0.3, 0.4) is 0 Å². The summed E-state index contributed by atoms with van der Waals surface area (Å²) in [5.41, 5.74) is 17.4.